The third-order valence-corrected chi connectivity index (χ3v) is 2.37. The van der Waals surface area contributed by atoms with Gasteiger partial charge in [-0.25, -0.2) is 8.78 Å². The highest BCUT2D eigenvalue weighted by atomic mass is 79.9. The predicted molar refractivity (Wildman–Crippen MR) is 50.1 cm³/mol. The van der Waals surface area contributed by atoms with E-state index in [9.17, 15) is 13.6 Å². The van der Waals surface area contributed by atoms with Crippen molar-refractivity contribution in [3.05, 3.63) is 27.5 Å². The molecule has 0 bridgehead atoms. The zero-order chi connectivity index (χ0) is 10.9. The third-order valence-electron chi connectivity index (χ3n) is 1.77. The Morgan fingerprint density at radius 2 is 2.21 bits per heavy atom. The molecule has 3 nitrogen and oxygen atoms in total. The number of nitrogens with zero attached hydrogens (tertiary/aromatic N) is 1. The molecule has 2 N–H and O–H groups in total. The fraction of sp³-hybridized carbons (Fsp3) is 0.250. The average Bonchev–Trinajstić information content (AvgIpc) is 2.02. The number of primary amides is 1. The average molecular weight is 265 g/mol. The molecule has 6 heteroatoms. The first-order valence-corrected chi connectivity index (χ1v) is 4.47. The summed E-state index contributed by atoms with van der Waals surface area (Å²) in [7, 11) is 0. The Balaban J connectivity index is 3.41. The van der Waals surface area contributed by atoms with Gasteiger partial charge < -0.3 is 5.73 Å². The minimum atomic E-state index is -2.71. The second kappa shape index (κ2) is 4.00. The lowest BCUT2D eigenvalue weighted by Crippen LogP contribution is -2.15. The van der Waals surface area contributed by atoms with Crippen molar-refractivity contribution < 1.29 is 13.6 Å². The molecule has 0 aromatic carbocycles. The van der Waals surface area contributed by atoms with Gasteiger partial charge in [0.05, 0.1) is 5.56 Å². The Labute approximate surface area is 87.4 Å². The first-order valence-electron chi connectivity index (χ1n) is 3.68. The van der Waals surface area contributed by atoms with E-state index in [1.54, 1.807) is 0 Å². The zero-order valence-electron chi connectivity index (χ0n) is 7.22. The van der Waals surface area contributed by atoms with Crippen LogP contribution in [-0.2, 0) is 0 Å². The number of hydrogen-bond acceptors (Lipinski definition) is 2. The van der Waals surface area contributed by atoms with E-state index in [-0.39, 0.29) is 11.1 Å². The van der Waals surface area contributed by atoms with Gasteiger partial charge in [0.15, 0.2) is 0 Å². The Hall–Kier alpha value is -1.04. The highest BCUT2D eigenvalue weighted by Crippen LogP contribution is 2.26. The zero-order valence-corrected chi connectivity index (χ0v) is 8.81. The summed E-state index contributed by atoms with van der Waals surface area (Å²) in [4.78, 5) is 14.5. The van der Waals surface area contributed by atoms with Crippen molar-refractivity contribution in [3.63, 3.8) is 0 Å². The Morgan fingerprint density at radius 1 is 1.64 bits per heavy atom. The Bertz CT molecular complexity index is 382. The summed E-state index contributed by atoms with van der Waals surface area (Å²) in [6, 6.07) is 0. The molecule has 0 aliphatic heterocycles. The number of aromatic nitrogens is 1. The maximum atomic E-state index is 12.4. The minimum absolute atomic E-state index is 0.0512. The van der Waals surface area contributed by atoms with Crippen molar-refractivity contribution in [1.29, 1.82) is 0 Å². The van der Waals surface area contributed by atoms with Crippen LogP contribution in [0.15, 0.2) is 10.7 Å². The molecule has 0 saturated carbocycles. The number of carbonyl (C=O) groups excluding carboxylic acids is 1. The van der Waals surface area contributed by atoms with Crippen molar-refractivity contribution in [2.24, 2.45) is 5.73 Å². The fourth-order valence-electron chi connectivity index (χ4n) is 1.12. The summed E-state index contributed by atoms with van der Waals surface area (Å²) in [5.41, 5.74) is 4.79. The maximum absolute atomic E-state index is 12.4. The monoisotopic (exact) mass is 264 g/mol. The number of pyridine rings is 1. The van der Waals surface area contributed by atoms with Crippen molar-refractivity contribution in [3.8, 4) is 0 Å². The summed E-state index contributed by atoms with van der Waals surface area (Å²) in [5.74, 6) is -0.751. The van der Waals surface area contributed by atoms with Crippen molar-refractivity contribution in [2.45, 2.75) is 13.3 Å². The van der Waals surface area contributed by atoms with E-state index in [1.165, 1.54) is 6.92 Å². The number of rotatable bonds is 2. The smallest absolute Gasteiger partial charge is 0.280 e. The number of nitrogens with two attached hydrogens (primary N) is 1. The molecule has 0 unspecified atom stereocenters. The van der Waals surface area contributed by atoms with Gasteiger partial charge in [0.25, 0.3) is 6.43 Å². The summed E-state index contributed by atoms with van der Waals surface area (Å²) in [5, 5.41) is 0. The molecule has 0 aliphatic carbocycles. The van der Waals surface area contributed by atoms with Crippen molar-refractivity contribution in [2.75, 3.05) is 0 Å². The van der Waals surface area contributed by atoms with Crippen LogP contribution in [0.2, 0.25) is 0 Å². The Kier molecular flexibility index (Phi) is 3.15. The fourth-order valence-corrected chi connectivity index (χ4v) is 1.71. The molecule has 0 aliphatic rings. The lowest BCUT2D eigenvalue weighted by molar-refractivity contribution is 0.0998. The standard InChI is InChI=1S/C8H7BrF2N2O/c1-3-5(8(12)14)4(9)2-13-6(3)7(10)11/h2,7H,1H3,(H2,12,14). The third kappa shape index (κ3) is 1.89. The van der Waals surface area contributed by atoms with Crippen LogP contribution >= 0.6 is 15.9 Å². The van der Waals surface area contributed by atoms with Gasteiger partial charge in [-0.05, 0) is 28.4 Å². The topological polar surface area (TPSA) is 56.0 Å². The SMILES string of the molecule is Cc1c(C(F)F)ncc(Br)c1C(N)=O. The molecule has 0 radical (unpaired) electrons. The van der Waals surface area contributed by atoms with Gasteiger partial charge in [-0.1, -0.05) is 0 Å². The van der Waals surface area contributed by atoms with E-state index in [1.807, 2.05) is 0 Å². The highest BCUT2D eigenvalue weighted by Gasteiger charge is 2.19. The maximum Gasteiger partial charge on any atom is 0.280 e. The van der Waals surface area contributed by atoms with Crippen LogP contribution in [0.4, 0.5) is 8.78 Å². The number of halogens is 3. The molecule has 0 saturated heterocycles. The van der Waals surface area contributed by atoms with Crippen LogP contribution in [0.5, 0.6) is 0 Å². The first-order chi connectivity index (χ1) is 6.45. The second-order valence-electron chi connectivity index (χ2n) is 2.66. The molecule has 1 amide bonds. The van der Waals surface area contributed by atoms with Crippen LogP contribution in [0.3, 0.4) is 0 Å². The molecule has 76 valence electrons. The lowest BCUT2D eigenvalue weighted by Gasteiger charge is -2.08. The van der Waals surface area contributed by atoms with Gasteiger partial charge in [-0.3, -0.25) is 9.78 Å². The second-order valence-corrected chi connectivity index (χ2v) is 3.51. The molecule has 0 fully saturated rings. The van der Waals surface area contributed by atoms with Gasteiger partial charge in [-0.2, -0.15) is 0 Å². The first kappa shape index (κ1) is 11.0. The van der Waals surface area contributed by atoms with E-state index in [0.717, 1.165) is 6.20 Å². The number of carbonyl (C=O) groups is 1. The molecular weight excluding hydrogens is 258 g/mol. The summed E-state index contributed by atoms with van der Waals surface area (Å²) >= 11 is 3.02. The predicted octanol–water partition coefficient (Wildman–Crippen LogP) is 2.19. The van der Waals surface area contributed by atoms with Gasteiger partial charge in [0, 0.05) is 10.7 Å². The van der Waals surface area contributed by atoms with Gasteiger partial charge >= 0.3 is 0 Å². The van der Waals surface area contributed by atoms with E-state index in [4.69, 9.17) is 5.73 Å². The highest BCUT2D eigenvalue weighted by molar-refractivity contribution is 9.10. The number of alkyl halides is 2. The molecule has 0 spiro atoms. The van der Waals surface area contributed by atoms with Crippen molar-refractivity contribution >= 4 is 21.8 Å². The van der Waals surface area contributed by atoms with E-state index in [0.29, 0.717) is 4.47 Å². The van der Waals surface area contributed by atoms with Gasteiger partial charge in [0.2, 0.25) is 5.91 Å². The van der Waals surface area contributed by atoms with Crippen molar-refractivity contribution in [1.82, 2.24) is 4.98 Å². The lowest BCUT2D eigenvalue weighted by atomic mass is 10.1. The van der Waals surface area contributed by atoms with E-state index >= 15 is 0 Å². The summed E-state index contributed by atoms with van der Waals surface area (Å²) < 4.78 is 25.1. The van der Waals surface area contributed by atoms with Crippen LogP contribution in [0.1, 0.15) is 28.0 Å². The minimum Gasteiger partial charge on any atom is -0.366 e. The number of hydrogen-bond donors (Lipinski definition) is 1. The summed E-state index contributed by atoms with van der Waals surface area (Å²) in [6.45, 7) is 1.39. The normalized spacial score (nSPS) is 10.6. The van der Waals surface area contributed by atoms with E-state index in [2.05, 4.69) is 20.9 Å². The van der Waals surface area contributed by atoms with Gasteiger partial charge in [-0.15, -0.1) is 0 Å². The molecule has 14 heavy (non-hydrogen) atoms. The quantitative estimate of drug-likeness (QED) is 0.891. The molecule has 1 heterocycles. The largest absolute Gasteiger partial charge is 0.366 e. The van der Waals surface area contributed by atoms with Crippen LogP contribution in [0.25, 0.3) is 0 Å². The van der Waals surface area contributed by atoms with Gasteiger partial charge in [0.1, 0.15) is 5.69 Å². The molecular formula is C8H7BrF2N2O. The van der Waals surface area contributed by atoms with Crippen LogP contribution in [-0.4, -0.2) is 10.9 Å². The number of amides is 1. The van der Waals surface area contributed by atoms with Crippen LogP contribution in [0, 0.1) is 6.92 Å². The van der Waals surface area contributed by atoms with Crippen LogP contribution < -0.4 is 5.73 Å². The molecule has 1 aromatic rings. The van der Waals surface area contributed by atoms with E-state index < -0.39 is 18.0 Å². The Morgan fingerprint density at radius 3 is 2.64 bits per heavy atom. The molecule has 0 atom stereocenters. The summed E-state index contributed by atoms with van der Waals surface area (Å²) in [6.07, 6.45) is -1.56. The molecule has 1 aromatic heterocycles. The molecule has 1 rings (SSSR count).